The molecule has 146 valence electrons. The second-order valence-corrected chi connectivity index (χ2v) is 6.67. The highest BCUT2D eigenvalue weighted by Gasteiger charge is 2.31. The van der Waals surface area contributed by atoms with Crippen LogP contribution in [0.5, 0.6) is 0 Å². The minimum absolute atomic E-state index is 0.0354. The summed E-state index contributed by atoms with van der Waals surface area (Å²) in [4.78, 5) is 18.3. The number of alkyl halides is 3. The number of aromatic nitrogens is 3. The standard InChI is InChI=1S/C19H17F3N4O2/c1-28-15-9-25(10-15)18(27)11-26-17-6-13(7-23-16(17)8-24-26)12-3-2-4-14(5-12)19(20,21)22/h2-8,15H,9-11H2,1H3. The lowest BCUT2D eigenvalue weighted by Crippen LogP contribution is -2.55. The zero-order valence-electron chi connectivity index (χ0n) is 15.0. The summed E-state index contributed by atoms with van der Waals surface area (Å²) < 4.78 is 45.6. The number of benzene rings is 1. The second-order valence-electron chi connectivity index (χ2n) is 6.67. The maximum absolute atomic E-state index is 13.0. The SMILES string of the molecule is COC1CN(C(=O)Cn2ncc3ncc(-c4cccc(C(F)(F)F)c4)cc32)C1. The summed E-state index contributed by atoms with van der Waals surface area (Å²) in [5.74, 6) is -0.0947. The summed E-state index contributed by atoms with van der Waals surface area (Å²) in [5, 5.41) is 4.20. The van der Waals surface area contributed by atoms with E-state index in [-0.39, 0.29) is 18.6 Å². The van der Waals surface area contributed by atoms with Crippen molar-refractivity contribution < 1.29 is 22.7 Å². The van der Waals surface area contributed by atoms with Crippen LogP contribution in [0.4, 0.5) is 13.2 Å². The first-order valence-electron chi connectivity index (χ1n) is 8.65. The van der Waals surface area contributed by atoms with Gasteiger partial charge in [0.1, 0.15) is 12.1 Å². The largest absolute Gasteiger partial charge is 0.416 e. The van der Waals surface area contributed by atoms with Crippen molar-refractivity contribution in [3.8, 4) is 11.1 Å². The van der Waals surface area contributed by atoms with Crippen molar-refractivity contribution in [3.05, 3.63) is 48.3 Å². The van der Waals surface area contributed by atoms with Crippen LogP contribution in [-0.2, 0) is 22.3 Å². The lowest BCUT2D eigenvalue weighted by atomic mass is 10.0. The first kappa shape index (κ1) is 18.4. The van der Waals surface area contributed by atoms with Crippen LogP contribution in [0, 0.1) is 0 Å². The number of halogens is 3. The predicted octanol–water partition coefficient (Wildman–Crippen LogP) is 2.97. The van der Waals surface area contributed by atoms with E-state index in [4.69, 9.17) is 4.74 Å². The Labute approximate surface area is 158 Å². The number of hydrogen-bond acceptors (Lipinski definition) is 4. The number of rotatable bonds is 4. The van der Waals surface area contributed by atoms with E-state index >= 15 is 0 Å². The third kappa shape index (κ3) is 3.45. The predicted molar refractivity (Wildman–Crippen MR) is 95.3 cm³/mol. The third-order valence-electron chi connectivity index (χ3n) is 4.84. The highest BCUT2D eigenvalue weighted by atomic mass is 19.4. The van der Waals surface area contributed by atoms with Gasteiger partial charge in [-0.2, -0.15) is 18.3 Å². The van der Waals surface area contributed by atoms with Crippen molar-refractivity contribution in [2.75, 3.05) is 20.2 Å². The number of hydrogen-bond donors (Lipinski definition) is 0. The molecule has 1 aliphatic rings. The first-order chi connectivity index (χ1) is 13.3. The van der Waals surface area contributed by atoms with E-state index in [0.29, 0.717) is 35.2 Å². The average Bonchev–Trinajstić information content (AvgIpc) is 3.02. The summed E-state index contributed by atoms with van der Waals surface area (Å²) in [6.45, 7) is 1.12. The monoisotopic (exact) mass is 390 g/mol. The van der Waals surface area contributed by atoms with Crippen LogP contribution in [0.2, 0.25) is 0 Å². The van der Waals surface area contributed by atoms with Crippen molar-refractivity contribution in [2.45, 2.75) is 18.8 Å². The zero-order valence-corrected chi connectivity index (χ0v) is 15.0. The summed E-state index contributed by atoms with van der Waals surface area (Å²) in [5.41, 5.74) is 1.36. The molecule has 3 heterocycles. The minimum Gasteiger partial charge on any atom is -0.378 e. The molecule has 28 heavy (non-hydrogen) atoms. The maximum atomic E-state index is 13.0. The smallest absolute Gasteiger partial charge is 0.378 e. The van der Waals surface area contributed by atoms with Gasteiger partial charge in [-0.05, 0) is 23.8 Å². The molecule has 1 fully saturated rings. The van der Waals surface area contributed by atoms with Crippen molar-refractivity contribution in [1.82, 2.24) is 19.7 Å². The Balaban J connectivity index is 1.61. The van der Waals surface area contributed by atoms with Gasteiger partial charge in [0.05, 0.1) is 23.4 Å². The molecule has 6 nitrogen and oxygen atoms in total. The number of fused-ring (bicyclic) bond motifs is 1. The third-order valence-corrected chi connectivity index (χ3v) is 4.84. The van der Waals surface area contributed by atoms with Crippen molar-refractivity contribution >= 4 is 16.9 Å². The Hall–Kier alpha value is -2.94. The zero-order chi connectivity index (χ0) is 19.9. The first-order valence-corrected chi connectivity index (χ1v) is 8.65. The number of pyridine rings is 1. The van der Waals surface area contributed by atoms with Gasteiger partial charge in [0.25, 0.3) is 0 Å². The Bertz CT molecular complexity index is 1030. The van der Waals surface area contributed by atoms with Gasteiger partial charge in [-0.1, -0.05) is 12.1 Å². The summed E-state index contributed by atoms with van der Waals surface area (Å²) in [6, 6.07) is 6.76. The molecule has 1 amide bonds. The van der Waals surface area contributed by atoms with E-state index in [1.165, 1.54) is 23.1 Å². The number of carbonyl (C=O) groups excluding carboxylic acids is 1. The number of methoxy groups -OCH3 is 1. The fourth-order valence-corrected chi connectivity index (χ4v) is 3.13. The van der Waals surface area contributed by atoms with Crippen molar-refractivity contribution in [2.24, 2.45) is 0 Å². The molecule has 0 atom stereocenters. The molecule has 0 unspecified atom stereocenters. The number of ether oxygens (including phenoxy) is 1. The van der Waals surface area contributed by atoms with Gasteiger partial charge in [-0.25, -0.2) is 0 Å². The summed E-state index contributed by atoms with van der Waals surface area (Å²) in [7, 11) is 1.61. The number of amides is 1. The molecule has 1 aliphatic heterocycles. The average molecular weight is 390 g/mol. The molecule has 1 aromatic carbocycles. The van der Waals surface area contributed by atoms with Crippen LogP contribution in [0.1, 0.15) is 5.56 Å². The van der Waals surface area contributed by atoms with E-state index in [9.17, 15) is 18.0 Å². The van der Waals surface area contributed by atoms with Gasteiger partial charge in [-0.15, -0.1) is 0 Å². The number of carbonyl (C=O) groups is 1. The quantitative estimate of drug-likeness (QED) is 0.687. The van der Waals surface area contributed by atoms with Gasteiger partial charge in [0.2, 0.25) is 5.91 Å². The van der Waals surface area contributed by atoms with Crippen LogP contribution in [-0.4, -0.2) is 51.9 Å². The van der Waals surface area contributed by atoms with E-state index in [1.54, 1.807) is 24.1 Å². The fourth-order valence-electron chi connectivity index (χ4n) is 3.13. The highest BCUT2D eigenvalue weighted by molar-refractivity contribution is 5.83. The number of nitrogens with zero attached hydrogens (tertiary/aromatic N) is 4. The summed E-state index contributed by atoms with van der Waals surface area (Å²) in [6.07, 6.45) is -1.32. The molecule has 0 aliphatic carbocycles. The molecule has 2 aromatic heterocycles. The van der Waals surface area contributed by atoms with Gasteiger partial charge >= 0.3 is 6.18 Å². The summed E-state index contributed by atoms with van der Waals surface area (Å²) >= 11 is 0. The topological polar surface area (TPSA) is 60.2 Å². The van der Waals surface area contributed by atoms with Gasteiger partial charge in [0, 0.05) is 32.0 Å². The van der Waals surface area contributed by atoms with Crippen molar-refractivity contribution in [1.29, 1.82) is 0 Å². The van der Waals surface area contributed by atoms with E-state index in [2.05, 4.69) is 10.1 Å². The molecule has 0 bridgehead atoms. The Morgan fingerprint density at radius 1 is 1.21 bits per heavy atom. The lowest BCUT2D eigenvalue weighted by molar-refractivity contribution is -0.143. The molecule has 0 radical (unpaired) electrons. The van der Waals surface area contributed by atoms with Crippen LogP contribution in [0.15, 0.2) is 42.7 Å². The second kappa shape index (κ2) is 6.90. The van der Waals surface area contributed by atoms with Gasteiger partial charge in [-0.3, -0.25) is 14.5 Å². The maximum Gasteiger partial charge on any atom is 0.416 e. The van der Waals surface area contributed by atoms with Gasteiger partial charge < -0.3 is 9.64 Å². The number of likely N-dealkylation sites (tertiary alicyclic amines) is 1. The minimum atomic E-state index is -4.42. The van der Waals surface area contributed by atoms with Crippen LogP contribution < -0.4 is 0 Å². The molecule has 0 saturated carbocycles. The molecule has 3 aromatic rings. The normalized spacial score (nSPS) is 15.1. The molecule has 4 rings (SSSR count). The van der Waals surface area contributed by atoms with Crippen LogP contribution in [0.3, 0.4) is 0 Å². The van der Waals surface area contributed by atoms with E-state index in [0.717, 1.165) is 12.1 Å². The van der Waals surface area contributed by atoms with Crippen LogP contribution in [0.25, 0.3) is 22.2 Å². The van der Waals surface area contributed by atoms with E-state index in [1.807, 2.05) is 0 Å². The fraction of sp³-hybridized carbons (Fsp3) is 0.316. The molecular formula is C19H17F3N4O2. The lowest BCUT2D eigenvalue weighted by Gasteiger charge is -2.38. The van der Waals surface area contributed by atoms with Crippen LogP contribution >= 0.6 is 0 Å². The molecule has 9 heteroatoms. The molecule has 0 N–H and O–H groups in total. The van der Waals surface area contributed by atoms with E-state index < -0.39 is 11.7 Å². The Morgan fingerprint density at radius 2 is 2.00 bits per heavy atom. The Morgan fingerprint density at radius 3 is 2.71 bits per heavy atom. The van der Waals surface area contributed by atoms with Crippen molar-refractivity contribution in [3.63, 3.8) is 0 Å². The Kier molecular flexibility index (Phi) is 4.54. The van der Waals surface area contributed by atoms with Gasteiger partial charge in [0.15, 0.2) is 0 Å². The molecule has 1 saturated heterocycles. The molecule has 0 spiro atoms. The highest BCUT2D eigenvalue weighted by Crippen LogP contribution is 2.32. The molecular weight excluding hydrogens is 373 g/mol.